The molecule has 0 aliphatic carbocycles. The Hall–Kier alpha value is -3.71. The first-order valence-electron chi connectivity index (χ1n) is 13.2. The number of hydrogen-bond donors (Lipinski definition) is 1. The smallest absolute Gasteiger partial charge is 0.266 e. The van der Waals surface area contributed by atoms with Crippen molar-refractivity contribution in [3.8, 4) is 5.69 Å². The first-order chi connectivity index (χ1) is 18.4. The summed E-state index contributed by atoms with van der Waals surface area (Å²) in [7, 11) is 0. The molecular formula is C32H35N3O3S. The second-order valence-electron chi connectivity index (χ2n) is 10.6. The van der Waals surface area contributed by atoms with E-state index in [1.807, 2.05) is 84.9 Å². The highest BCUT2D eigenvalue weighted by molar-refractivity contribution is 8.00. The molecule has 1 N–H and O–H groups in total. The number of carbonyl (C=O) groups excluding carboxylic acids is 2. The summed E-state index contributed by atoms with van der Waals surface area (Å²) in [5, 5.41) is 3.24. The van der Waals surface area contributed by atoms with Crippen LogP contribution in [0.3, 0.4) is 0 Å². The van der Waals surface area contributed by atoms with Crippen LogP contribution in [0.25, 0.3) is 16.6 Å². The van der Waals surface area contributed by atoms with Crippen molar-refractivity contribution in [2.45, 2.75) is 58.9 Å². The van der Waals surface area contributed by atoms with Gasteiger partial charge in [0.05, 0.1) is 21.8 Å². The maximum atomic E-state index is 13.9. The molecule has 1 atom stereocenters. The van der Waals surface area contributed by atoms with Gasteiger partial charge in [0.25, 0.3) is 11.5 Å². The lowest BCUT2D eigenvalue weighted by Crippen LogP contribution is -2.27. The van der Waals surface area contributed by atoms with E-state index < -0.39 is 5.25 Å². The highest BCUT2D eigenvalue weighted by Gasteiger charge is 2.22. The van der Waals surface area contributed by atoms with Gasteiger partial charge < -0.3 is 5.32 Å². The maximum Gasteiger partial charge on any atom is 0.266 e. The molecule has 4 aromatic rings. The molecule has 202 valence electrons. The number of fused-ring (bicyclic) bond motifs is 1. The van der Waals surface area contributed by atoms with E-state index in [4.69, 9.17) is 4.98 Å². The lowest BCUT2D eigenvalue weighted by atomic mass is 10.0. The molecule has 0 bridgehead atoms. The van der Waals surface area contributed by atoms with Crippen LogP contribution in [0.2, 0.25) is 0 Å². The van der Waals surface area contributed by atoms with Crippen LogP contribution in [-0.4, -0.2) is 33.0 Å². The number of Topliss-reactive ketones (excluding diaryl/α,β-unsaturated/α-hetero) is 1. The monoisotopic (exact) mass is 541 g/mol. The average Bonchev–Trinajstić information content (AvgIpc) is 2.87. The molecule has 0 aliphatic heterocycles. The maximum absolute atomic E-state index is 13.9. The zero-order valence-electron chi connectivity index (χ0n) is 23.6. The van der Waals surface area contributed by atoms with E-state index in [-0.39, 0.29) is 17.2 Å². The molecule has 0 radical (unpaired) electrons. The Labute approximate surface area is 233 Å². The second kappa shape index (κ2) is 11.6. The summed E-state index contributed by atoms with van der Waals surface area (Å²) in [4.78, 5) is 44.9. The van der Waals surface area contributed by atoms with Crippen molar-refractivity contribution in [2.75, 3.05) is 6.54 Å². The summed E-state index contributed by atoms with van der Waals surface area (Å²) >= 11 is 1.25. The minimum Gasteiger partial charge on any atom is -0.352 e. The second-order valence-corrected chi connectivity index (χ2v) is 11.9. The zero-order valence-corrected chi connectivity index (χ0v) is 24.4. The summed E-state index contributed by atoms with van der Waals surface area (Å²) in [6.07, 6.45) is 0. The Morgan fingerprint density at radius 2 is 1.54 bits per heavy atom. The van der Waals surface area contributed by atoms with Crippen LogP contribution in [0.5, 0.6) is 0 Å². The number of nitrogens with one attached hydrogen (secondary N) is 1. The van der Waals surface area contributed by atoms with Gasteiger partial charge in [-0.25, -0.2) is 4.98 Å². The van der Waals surface area contributed by atoms with Crippen LogP contribution < -0.4 is 10.9 Å². The van der Waals surface area contributed by atoms with Gasteiger partial charge in [0, 0.05) is 17.7 Å². The SMILES string of the molecule is Cc1cc(C)cc(-n2c(S[C@@H](C)C(=O)c3ccc(C)c(C)c3)nc3cc(C(=O)NCC(C)C)ccc3c2=O)c1. The number of hydrogen-bond acceptors (Lipinski definition) is 5. The van der Waals surface area contributed by atoms with E-state index in [9.17, 15) is 14.4 Å². The topological polar surface area (TPSA) is 81.1 Å². The largest absolute Gasteiger partial charge is 0.352 e. The number of rotatable bonds is 8. The van der Waals surface area contributed by atoms with Crippen molar-refractivity contribution in [2.24, 2.45) is 5.92 Å². The van der Waals surface area contributed by atoms with Gasteiger partial charge >= 0.3 is 0 Å². The van der Waals surface area contributed by atoms with Gasteiger partial charge in [-0.3, -0.25) is 19.0 Å². The Morgan fingerprint density at radius 3 is 2.18 bits per heavy atom. The lowest BCUT2D eigenvalue weighted by Gasteiger charge is -2.17. The first-order valence-corrected chi connectivity index (χ1v) is 14.0. The fourth-order valence-corrected chi connectivity index (χ4v) is 5.44. The molecule has 0 saturated heterocycles. The normalized spacial score (nSPS) is 12.1. The fraction of sp³-hybridized carbons (Fsp3) is 0.312. The predicted octanol–water partition coefficient (Wildman–Crippen LogP) is 6.37. The highest BCUT2D eigenvalue weighted by Crippen LogP contribution is 2.28. The predicted molar refractivity (Wildman–Crippen MR) is 160 cm³/mol. The van der Waals surface area contributed by atoms with Crippen LogP contribution in [0.4, 0.5) is 0 Å². The molecule has 0 saturated carbocycles. The average molecular weight is 542 g/mol. The highest BCUT2D eigenvalue weighted by atomic mass is 32.2. The van der Waals surface area contributed by atoms with Crippen LogP contribution in [-0.2, 0) is 0 Å². The summed E-state index contributed by atoms with van der Waals surface area (Å²) in [6.45, 7) is 14.4. The molecule has 39 heavy (non-hydrogen) atoms. The molecule has 1 aromatic heterocycles. The number of ketones is 1. The summed E-state index contributed by atoms with van der Waals surface area (Å²) in [6, 6.07) is 16.6. The number of nitrogens with zero attached hydrogens (tertiary/aromatic N) is 2. The minimum atomic E-state index is -0.494. The van der Waals surface area contributed by atoms with E-state index >= 15 is 0 Å². The Morgan fingerprint density at radius 1 is 0.872 bits per heavy atom. The molecular weight excluding hydrogens is 506 g/mol. The molecule has 1 amide bonds. The van der Waals surface area contributed by atoms with Gasteiger partial charge in [-0.2, -0.15) is 0 Å². The van der Waals surface area contributed by atoms with Gasteiger partial charge in [0.2, 0.25) is 0 Å². The Kier molecular flexibility index (Phi) is 8.40. The van der Waals surface area contributed by atoms with Crippen molar-refractivity contribution in [1.82, 2.24) is 14.9 Å². The molecule has 3 aromatic carbocycles. The van der Waals surface area contributed by atoms with Gasteiger partial charge in [0.1, 0.15) is 0 Å². The van der Waals surface area contributed by atoms with Crippen molar-refractivity contribution in [3.05, 3.63) is 98.3 Å². The van der Waals surface area contributed by atoms with E-state index in [0.29, 0.717) is 45.3 Å². The van der Waals surface area contributed by atoms with Crippen molar-refractivity contribution < 1.29 is 9.59 Å². The number of thioether (sulfide) groups is 1. The molecule has 1 heterocycles. The Balaban J connectivity index is 1.83. The molecule has 0 spiro atoms. The minimum absolute atomic E-state index is 0.0359. The lowest BCUT2D eigenvalue weighted by molar-refractivity contribution is 0.0948. The molecule has 4 rings (SSSR count). The van der Waals surface area contributed by atoms with Gasteiger partial charge in [-0.15, -0.1) is 0 Å². The third kappa shape index (κ3) is 6.31. The molecule has 7 heteroatoms. The van der Waals surface area contributed by atoms with Crippen LogP contribution >= 0.6 is 11.8 Å². The van der Waals surface area contributed by atoms with E-state index in [1.165, 1.54) is 11.8 Å². The number of aromatic nitrogens is 2. The van der Waals surface area contributed by atoms with Gasteiger partial charge in [-0.05, 0) is 99.2 Å². The van der Waals surface area contributed by atoms with Gasteiger partial charge in [-0.1, -0.05) is 43.8 Å². The number of amides is 1. The van der Waals surface area contributed by atoms with Gasteiger partial charge in [0.15, 0.2) is 10.9 Å². The molecule has 0 aliphatic rings. The van der Waals surface area contributed by atoms with E-state index in [2.05, 4.69) is 5.32 Å². The first kappa shape index (κ1) is 28.3. The summed E-state index contributed by atoms with van der Waals surface area (Å²) < 4.78 is 1.58. The van der Waals surface area contributed by atoms with E-state index in [1.54, 1.807) is 22.8 Å². The van der Waals surface area contributed by atoms with Crippen molar-refractivity contribution in [3.63, 3.8) is 0 Å². The third-order valence-corrected chi connectivity index (χ3v) is 7.73. The fourth-order valence-electron chi connectivity index (χ4n) is 4.43. The van der Waals surface area contributed by atoms with Crippen molar-refractivity contribution >= 4 is 34.4 Å². The molecule has 0 fully saturated rings. The number of aryl methyl sites for hydroxylation is 4. The van der Waals surface area contributed by atoms with Crippen LogP contribution in [0.1, 0.15) is 63.7 Å². The standard InChI is InChI=1S/C32H35N3O3S/c1-18(2)17-33-30(37)25-10-11-27-28(16-25)34-32(35(31(27)38)26-13-19(3)12-20(4)14-26)39-23(7)29(36)24-9-8-21(5)22(6)15-24/h8-16,18,23H,17H2,1-7H3,(H,33,37)/t23-/m0/s1. The van der Waals surface area contributed by atoms with Crippen LogP contribution in [0, 0.1) is 33.6 Å². The third-order valence-electron chi connectivity index (χ3n) is 6.68. The zero-order chi connectivity index (χ0) is 28.4. The number of carbonyl (C=O) groups is 2. The molecule has 0 unspecified atom stereocenters. The quantitative estimate of drug-likeness (QED) is 0.159. The number of benzene rings is 3. The van der Waals surface area contributed by atoms with E-state index in [0.717, 1.165) is 22.3 Å². The van der Waals surface area contributed by atoms with Crippen LogP contribution in [0.15, 0.2) is 64.5 Å². The Bertz CT molecular complexity index is 1620. The summed E-state index contributed by atoms with van der Waals surface area (Å²) in [5.41, 5.74) is 6.15. The molecule has 6 nitrogen and oxygen atoms in total. The van der Waals surface area contributed by atoms with Crippen molar-refractivity contribution in [1.29, 1.82) is 0 Å². The summed E-state index contributed by atoms with van der Waals surface area (Å²) in [5.74, 6) is 0.0708.